The molecule has 0 bridgehead atoms. The van der Waals surface area contributed by atoms with Crippen LogP contribution in [0.15, 0.2) is 49.1 Å². The maximum Gasteiger partial charge on any atom is 0.335 e. The van der Waals surface area contributed by atoms with Gasteiger partial charge in [0.1, 0.15) is 6.10 Å². The molecule has 0 radical (unpaired) electrons. The van der Waals surface area contributed by atoms with Gasteiger partial charge < -0.3 is 14.8 Å². The maximum absolute atomic E-state index is 11.2. The van der Waals surface area contributed by atoms with E-state index in [0.717, 1.165) is 33.5 Å². The molecule has 1 aromatic heterocycles. The van der Waals surface area contributed by atoms with E-state index in [-0.39, 0.29) is 5.56 Å². The SMILES string of the molecule is Cc1ccc(-n2ccnc2)cc1[C@@H](O)c1c(C)cc(C(=O)O)cc1C. The maximum atomic E-state index is 11.2. The van der Waals surface area contributed by atoms with E-state index in [1.807, 2.05) is 49.7 Å². The number of aliphatic hydroxyl groups excluding tert-OH is 1. The summed E-state index contributed by atoms with van der Waals surface area (Å²) in [4.78, 5) is 15.3. The number of carbonyl (C=O) groups is 1. The minimum absolute atomic E-state index is 0.231. The van der Waals surface area contributed by atoms with Crippen molar-refractivity contribution in [1.82, 2.24) is 9.55 Å². The monoisotopic (exact) mass is 336 g/mol. The van der Waals surface area contributed by atoms with E-state index >= 15 is 0 Å². The molecule has 25 heavy (non-hydrogen) atoms. The minimum atomic E-state index is -0.967. The van der Waals surface area contributed by atoms with Crippen LogP contribution in [-0.4, -0.2) is 25.7 Å². The number of aromatic nitrogens is 2. The first-order valence-electron chi connectivity index (χ1n) is 8.00. The number of carboxylic acids is 1. The van der Waals surface area contributed by atoms with E-state index < -0.39 is 12.1 Å². The van der Waals surface area contributed by atoms with Crippen LogP contribution in [0.3, 0.4) is 0 Å². The molecule has 0 spiro atoms. The second-order valence-corrected chi connectivity index (χ2v) is 6.24. The van der Waals surface area contributed by atoms with E-state index in [1.165, 1.54) is 0 Å². The Labute approximate surface area is 146 Å². The largest absolute Gasteiger partial charge is 0.478 e. The molecule has 3 rings (SSSR count). The van der Waals surface area contributed by atoms with Crippen molar-refractivity contribution in [1.29, 1.82) is 0 Å². The number of imidazole rings is 1. The summed E-state index contributed by atoms with van der Waals surface area (Å²) in [6.07, 6.45) is 4.43. The topological polar surface area (TPSA) is 75.3 Å². The number of aliphatic hydroxyl groups is 1. The smallest absolute Gasteiger partial charge is 0.335 e. The van der Waals surface area contributed by atoms with Crippen LogP contribution in [-0.2, 0) is 0 Å². The van der Waals surface area contributed by atoms with Crippen molar-refractivity contribution >= 4 is 5.97 Å². The van der Waals surface area contributed by atoms with Crippen LogP contribution in [0.1, 0.15) is 44.3 Å². The molecule has 3 aromatic rings. The summed E-state index contributed by atoms with van der Waals surface area (Å²) in [7, 11) is 0. The molecule has 0 aliphatic carbocycles. The number of hydrogen-bond acceptors (Lipinski definition) is 3. The highest BCUT2D eigenvalue weighted by molar-refractivity contribution is 5.88. The summed E-state index contributed by atoms with van der Waals surface area (Å²) in [5.41, 5.74) is 5.17. The van der Waals surface area contributed by atoms with Gasteiger partial charge in [-0.15, -0.1) is 0 Å². The molecule has 0 amide bonds. The van der Waals surface area contributed by atoms with E-state index in [2.05, 4.69) is 4.98 Å². The predicted molar refractivity (Wildman–Crippen MR) is 95.2 cm³/mol. The molecule has 5 heteroatoms. The fourth-order valence-corrected chi connectivity index (χ4v) is 3.18. The van der Waals surface area contributed by atoms with Crippen LogP contribution in [0, 0.1) is 20.8 Å². The van der Waals surface area contributed by atoms with Crippen molar-refractivity contribution in [3.8, 4) is 5.69 Å². The molecule has 0 saturated heterocycles. The molecule has 5 nitrogen and oxygen atoms in total. The lowest BCUT2D eigenvalue weighted by molar-refractivity contribution is 0.0696. The summed E-state index contributed by atoms with van der Waals surface area (Å²) >= 11 is 0. The summed E-state index contributed by atoms with van der Waals surface area (Å²) < 4.78 is 1.88. The van der Waals surface area contributed by atoms with Gasteiger partial charge in [0.25, 0.3) is 0 Å². The highest BCUT2D eigenvalue weighted by atomic mass is 16.4. The minimum Gasteiger partial charge on any atom is -0.478 e. The normalized spacial score (nSPS) is 12.2. The van der Waals surface area contributed by atoms with Gasteiger partial charge in [0.05, 0.1) is 11.9 Å². The van der Waals surface area contributed by atoms with Gasteiger partial charge in [-0.1, -0.05) is 6.07 Å². The molecule has 0 saturated carbocycles. The lowest BCUT2D eigenvalue weighted by Crippen LogP contribution is -2.09. The van der Waals surface area contributed by atoms with Crippen LogP contribution in [0.2, 0.25) is 0 Å². The van der Waals surface area contributed by atoms with Crippen molar-refractivity contribution in [2.45, 2.75) is 26.9 Å². The highest BCUT2D eigenvalue weighted by Crippen LogP contribution is 2.31. The Kier molecular flexibility index (Phi) is 4.42. The van der Waals surface area contributed by atoms with E-state index in [4.69, 9.17) is 0 Å². The first kappa shape index (κ1) is 16.9. The average Bonchev–Trinajstić information content (AvgIpc) is 3.08. The zero-order valence-electron chi connectivity index (χ0n) is 14.4. The summed E-state index contributed by atoms with van der Waals surface area (Å²) in [6, 6.07) is 9.07. The van der Waals surface area contributed by atoms with Gasteiger partial charge in [-0.2, -0.15) is 0 Å². The van der Waals surface area contributed by atoms with Crippen LogP contribution < -0.4 is 0 Å². The molecular weight excluding hydrogens is 316 g/mol. The number of nitrogens with zero attached hydrogens (tertiary/aromatic N) is 2. The number of benzene rings is 2. The lowest BCUT2D eigenvalue weighted by Gasteiger charge is -2.20. The zero-order valence-corrected chi connectivity index (χ0v) is 14.4. The third kappa shape index (κ3) is 3.19. The van der Waals surface area contributed by atoms with Crippen molar-refractivity contribution in [3.63, 3.8) is 0 Å². The second kappa shape index (κ2) is 6.53. The van der Waals surface area contributed by atoms with Gasteiger partial charge in [-0.25, -0.2) is 9.78 Å². The number of aryl methyl sites for hydroxylation is 3. The molecule has 128 valence electrons. The lowest BCUT2D eigenvalue weighted by atomic mass is 9.89. The fourth-order valence-electron chi connectivity index (χ4n) is 3.18. The molecule has 2 aromatic carbocycles. The molecule has 2 N–H and O–H groups in total. The van der Waals surface area contributed by atoms with Crippen LogP contribution in [0.25, 0.3) is 5.69 Å². The Balaban J connectivity index is 2.08. The second-order valence-electron chi connectivity index (χ2n) is 6.24. The van der Waals surface area contributed by atoms with Crippen LogP contribution in [0.4, 0.5) is 0 Å². The molecule has 0 aliphatic heterocycles. The van der Waals surface area contributed by atoms with Crippen molar-refractivity contribution < 1.29 is 15.0 Å². The Morgan fingerprint density at radius 1 is 1.08 bits per heavy atom. The van der Waals surface area contributed by atoms with Crippen molar-refractivity contribution in [3.05, 3.63) is 82.4 Å². The number of aromatic carboxylic acids is 1. The molecule has 0 fully saturated rings. The van der Waals surface area contributed by atoms with Gasteiger partial charge in [0.2, 0.25) is 0 Å². The van der Waals surface area contributed by atoms with Crippen molar-refractivity contribution in [2.75, 3.05) is 0 Å². The van der Waals surface area contributed by atoms with E-state index in [1.54, 1.807) is 24.7 Å². The number of carboxylic acid groups (broad SMARTS) is 1. The average molecular weight is 336 g/mol. The molecule has 0 unspecified atom stereocenters. The Hall–Kier alpha value is -2.92. The quantitative estimate of drug-likeness (QED) is 0.763. The van der Waals surface area contributed by atoms with E-state index in [0.29, 0.717) is 0 Å². The third-order valence-corrected chi connectivity index (χ3v) is 4.47. The van der Waals surface area contributed by atoms with Gasteiger partial charge in [0, 0.05) is 18.1 Å². The Bertz CT molecular complexity index is 907. The van der Waals surface area contributed by atoms with Gasteiger partial charge in [-0.3, -0.25) is 0 Å². The number of rotatable bonds is 4. The first-order valence-corrected chi connectivity index (χ1v) is 8.00. The summed E-state index contributed by atoms with van der Waals surface area (Å²) in [5, 5.41) is 20.2. The predicted octanol–water partition coefficient (Wildman–Crippen LogP) is 3.58. The Morgan fingerprint density at radius 2 is 1.76 bits per heavy atom. The van der Waals surface area contributed by atoms with Gasteiger partial charge >= 0.3 is 5.97 Å². The van der Waals surface area contributed by atoms with Gasteiger partial charge in [-0.05, 0) is 72.9 Å². The van der Waals surface area contributed by atoms with Gasteiger partial charge in [0.15, 0.2) is 0 Å². The standard InChI is InChI=1S/C20H20N2O3/c1-12-4-5-16(22-7-6-21-11-22)10-17(12)19(23)18-13(2)8-15(20(24)25)9-14(18)3/h4-11,19,23H,1-3H3,(H,24,25)/t19-/m1/s1. The number of hydrogen-bond donors (Lipinski definition) is 2. The molecule has 1 atom stereocenters. The zero-order chi connectivity index (χ0) is 18.1. The van der Waals surface area contributed by atoms with Crippen LogP contribution >= 0.6 is 0 Å². The molecular formula is C20H20N2O3. The van der Waals surface area contributed by atoms with Crippen molar-refractivity contribution in [2.24, 2.45) is 0 Å². The summed E-state index contributed by atoms with van der Waals surface area (Å²) in [6.45, 7) is 5.60. The molecule has 0 aliphatic rings. The first-order chi connectivity index (χ1) is 11.9. The summed E-state index contributed by atoms with van der Waals surface area (Å²) in [5.74, 6) is -0.967. The Morgan fingerprint density at radius 3 is 2.32 bits per heavy atom. The third-order valence-electron chi connectivity index (χ3n) is 4.47. The highest BCUT2D eigenvalue weighted by Gasteiger charge is 2.20. The fraction of sp³-hybridized carbons (Fsp3) is 0.200. The van der Waals surface area contributed by atoms with Crippen LogP contribution in [0.5, 0.6) is 0 Å². The van der Waals surface area contributed by atoms with E-state index in [9.17, 15) is 15.0 Å². The molecule has 1 heterocycles.